The highest BCUT2D eigenvalue weighted by molar-refractivity contribution is 9.10. The van der Waals surface area contributed by atoms with Gasteiger partial charge in [-0.15, -0.1) is 0 Å². The second-order valence-electron chi connectivity index (χ2n) is 6.51. The molecule has 0 aliphatic heterocycles. The van der Waals surface area contributed by atoms with Crippen molar-refractivity contribution < 1.29 is 4.74 Å². The largest absolute Gasteiger partial charge is 0.493 e. The molecule has 114 valence electrons. The number of unbranched alkanes of at least 4 members (excludes halogenated alkanes) is 1. The minimum absolute atomic E-state index is 0.251. The second kappa shape index (κ2) is 8.04. The molecule has 0 fully saturated rings. The van der Waals surface area contributed by atoms with Gasteiger partial charge in [-0.3, -0.25) is 0 Å². The molecule has 0 unspecified atom stereocenters. The molecule has 0 aliphatic rings. The molecule has 2 nitrogen and oxygen atoms in total. The predicted octanol–water partition coefficient (Wildman–Crippen LogP) is 5.11. The summed E-state index contributed by atoms with van der Waals surface area (Å²) in [4.78, 5) is 0. The Kier molecular flexibility index (Phi) is 7.04. The first kappa shape index (κ1) is 17.5. The van der Waals surface area contributed by atoms with Crippen LogP contribution in [0.2, 0.25) is 0 Å². The minimum atomic E-state index is 0.251. The SMILES string of the molecule is CC(C)c1cc(Br)ccc1OCCCCC(C)(C)CN. The summed E-state index contributed by atoms with van der Waals surface area (Å²) in [6.07, 6.45) is 3.40. The third-order valence-corrected chi connectivity index (χ3v) is 4.15. The summed E-state index contributed by atoms with van der Waals surface area (Å²) in [5.41, 5.74) is 7.26. The molecule has 0 bridgehead atoms. The van der Waals surface area contributed by atoms with Crippen molar-refractivity contribution in [2.24, 2.45) is 11.1 Å². The van der Waals surface area contributed by atoms with Crippen LogP contribution < -0.4 is 10.5 Å². The summed E-state index contributed by atoms with van der Waals surface area (Å²) in [7, 11) is 0. The van der Waals surface area contributed by atoms with Crippen LogP contribution in [0.5, 0.6) is 5.75 Å². The maximum atomic E-state index is 5.95. The Balaban J connectivity index is 2.43. The lowest BCUT2D eigenvalue weighted by molar-refractivity contribution is 0.276. The van der Waals surface area contributed by atoms with Crippen molar-refractivity contribution in [3.63, 3.8) is 0 Å². The van der Waals surface area contributed by atoms with Gasteiger partial charge in [-0.1, -0.05) is 43.6 Å². The number of hydrogen-bond donors (Lipinski definition) is 1. The molecule has 0 saturated heterocycles. The first-order valence-electron chi connectivity index (χ1n) is 7.48. The van der Waals surface area contributed by atoms with Crippen molar-refractivity contribution in [2.75, 3.05) is 13.2 Å². The number of hydrogen-bond acceptors (Lipinski definition) is 2. The van der Waals surface area contributed by atoms with Gasteiger partial charge in [-0.05, 0) is 60.9 Å². The van der Waals surface area contributed by atoms with E-state index >= 15 is 0 Å². The average molecular weight is 342 g/mol. The second-order valence-corrected chi connectivity index (χ2v) is 7.43. The Morgan fingerprint density at radius 2 is 1.95 bits per heavy atom. The van der Waals surface area contributed by atoms with Crippen LogP contribution in [0.3, 0.4) is 0 Å². The van der Waals surface area contributed by atoms with E-state index in [0.29, 0.717) is 5.92 Å². The molecule has 0 radical (unpaired) electrons. The molecule has 20 heavy (non-hydrogen) atoms. The lowest BCUT2D eigenvalue weighted by atomic mass is 9.87. The first-order valence-corrected chi connectivity index (χ1v) is 8.27. The van der Waals surface area contributed by atoms with Gasteiger partial charge in [0.05, 0.1) is 6.61 Å². The van der Waals surface area contributed by atoms with Crippen molar-refractivity contribution in [1.29, 1.82) is 0 Å². The summed E-state index contributed by atoms with van der Waals surface area (Å²) in [6.45, 7) is 10.4. The molecule has 0 spiro atoms. The third kappa shape index (κ3) is 5.84. The van der Waals surface area contributed by atoms with Crippen LogP contribution in [-0.4, -0.2) is 13.2 Å². The zero-order valence-electron chi connectivity index (χ0n) is 13.2. The number of nitrogens with two attached hydrogens (primary N) is 1. The molecular formula is C17H28BrNO. The highest BCUT2D eigenvalue weighted by Gasteiger charge is 2.14. The van der Waals surface area contributed by atoms with Crippen LogP contribution in [0.4, 0.5) is 0 Å². The van der Waals surface area contributed by atoms with Crippen molar-refractivity contribution >= 4 is 15.9 Å². The molecule has 3 heteroatoms. The van der Waals surface area contributed by atoms with E-state index in [9.17, 15) is 0 Å². The summed E-state index contributed by atoms with van der Waals surface area (Å²) in [5, 5.41) is 0. The van der Waals surface area contributed by atoms with Crippen molar-refractivity contribution in [2.45, 2.75) is 52.9 Å². The predicted molar refractivity (Wildman–Crippen MR) is 90.4 cm³/mol. The molecule has 2 N–H and O–H groups in total. The van der Waals surface area contributed by atoms with Gasteiger partial charge in [0.2, 0.25) is 0 Å². The Morgan fingerprint density at radius 3 is 2.55 bits per heavy atom. The maximum Gasteiger partial charge on any atom is 0.122 e. The fraction of sp³-hybridized carbons (Fsp3) is 0.647. The molecule has 1 aromatic rings. The summed E-state index contributed by atoms with van der Waals surface area (Å²) >= 11 is 3.52. The monoisotopic (exact) mass is 341 g/mol. The van der Waals surface area contributed by atoms with E-state index in [4.69, 9.17) is 10.5 Å². The van der Waals surface area contributed by atoms with Gasteiger partial charge in [0.1, 0.15) is 5.75 Å². The number of ether oxygens (including phenoxy) is 1. The Morgan fingerprint density at radius 1 is 1.25 bits per heavy atom. The fourth-order valence-corrected chi connectivity index (χ4v) is 2.47. The van der Waals surface area contributed by atoms with Crippen LogP contribution in [0, 0.1) is 5.41 Å². The summed E-state index contributed by atoms with van der Waals surface area (Å²) in [5.74, 6) is 1.49. The topological polar surface area (TPSA) is 35.2 Å². The summed E-state index contributed by atoms with van der Waals surface area (Å²) in [6, 6.07) is 6.25. The lowest BCUT2D eigenvalue weighted by Gasteiger charge is -2.22. The quantitative estimate of drug-likeness (QED) is 0.667. The zero-order valence-corrected chi connectivity index (χ0v) is 14.8. The van der Waals surface area contributed by atoms with Crippen LogP contribution in [0.15, 0.2) is 22.7 Å². The Labute approximate surface area is 132 Å². The van der Waals surface area contributed by atoms with Gasteiger partial charge in [0.15, 0.2) is 0 Å². The normalized spacial score (nSPS) is 11.9. The van der Waals surface area contributed by atoms with Crippen LogP contribution in [-0.2, 0) is 0 Å². The third-order valence-electron chi connectivity index (χ3n) is 3.65. The van der Waals surface area contributed by atoms with E-state index in [1.54, 1.807) is 0 Å². The molecule has 0 atom stereocenters. The maximum absolute atomic E-state index is 5.95. The highest BCUT2D eigenvalue weighted by atomic mass is 79.9. The minimum Gasteiger partial charge on any atom is -0.493 e. The molecule has 1 rings (SSSR count). The van der Waals surface area contributed by atoms with E-state index in [1.165, 1.54) is 5.56 Å². The Hall–Kier alpha value is -0.540. The van der Waals surface area contributed by atoms with E-state index < -0.39 is 0 Å². The van der Waals surface area contributed by atoms with E-state index in [1.807, 2.05) is 6.07 Å². The highest BCUT2D eigenvalue weighted by Crippen LogP contribution is 2.30. The Bertz CT molecular complexity index is 415. The molecule has 0 saturated carbocycles. The van der Waals surface area contributed by atoms with Crippen molar-refractivity contribution in [3.05, 3.63) is 28.2 Å². The first-order chi connectivity index (χ1) is 9.35. The molecule has 0 aliphatic carbocycles. The van der Waals surface area contributed by atoms with Gasteiger partial charge in [-0.25, -0.2) is 0 Å². The van der Waals surface area contributed by atoms with Gasteiger partial charge < -0.3 is 10.5 Å². The zero-order chi connectivity index (χ0) is 15.2. The number of benzene rings is 1. The standard InChI is InChI=1S/C17H28BrNO/c1-13(2)15-11-14(18)7-8-16(15)20-10-6-5-9-17(3,4)12-19/h7-8,11,13H,5-6,9-10,12,19H2,1-4H3. The van der Waals surface area contributed by atoms with Crippen LogP contribution >= 0.6 is 15.9 Å². The van der Waals surface area contributed by atoms with Gasteiger partial charge >= 0.3 is 0 Å². The van der Waals surface area contributed by atoms with Crippen LogP contribution in [0.25, 0.3) is 0 Å². The van der Waals surface area contributed by atoms with Gasteiger partial charge in [0.25, 0.3) is 0 Å². The van der Waals surface area contributed by atoms with Crippen molar-refractivity contribution in [3.8, 4) is 5.75 Å². The molecule has 0 amide bonds. The lowest BCUT2D eigenvalue weighted by Crippen LogP contribution is -2.23. The molecule has 0 heterocycles. The molecule has 0 aromatic heterocycles. The fourth-order valence-electron chi connectivity index (χ4n) is 2.09. The average Bonchev–Trinajstić information content (AvgIpc) is 2.39. The van der Waals surface area contributed by atoms with Gasteiger partial charge in [-0.2, -0.15) is 0 Å². The van der Waals surface area contributed by atoms with Crippen molar-refractivity contribution in [1.82, 2.24) is 0 Å². The number of rotatable bonds is 8. The smallest absolute Gasteiger partial charge is 0.122 e. The molecule has 1 aromatic carbocycles. The van der Waals surface area contributed by atoms with Gasteiger partial charge in [0, 0.05) is 4.47 Å². The summed E-state index contributed by atoms with van der Waals surface area (Å²) < 4.78 is 7.06. The number of halogens is 1. The molecular weight excluding hydrogens is 314 g/mol. The van der Waals surface area contributed by atoms with E-state index in [-0.39, 0.29) is 5.41 Å². The van der Waals surface area contributed by atoms with E-state index in [0.717, 1.165) is 42.6 Å². The van der Waals surface area contributed by atoms with Crippen LogP contribution in [0.1, 0.15) is 58.4 Å². The van der Waals surface area contributed by atoms with E-state index in [2.05, 4.69) is 55.8 Å².